The van der Waals surface area contributed by atoms with Crippen molar-refractivity contribution >= 4 is 45.9 Å². The van der Waals surface area contributed by atoms with Gasteiger partial charge in [0.05, 0.1) is 11.9 Å². The summed E-state index contributed by atoms with van der Waals surface area (Å²) < 4.78 is 0.868. The quantitative estimate of drug-likeness (QED) is 0.626. The molecule has 0 bridgehead atoms. The zero-order chi connectivity index (χ0) is 15.5. The Labute approximate surface area is 147 Å². The molecule has 0 saturated heterocycles. The number of rotatable bonds is 3. The number of nitrogens with zero attached hydrogens (tertiary/aromatic N) is 1. The molecule has 5 nitrogen and oxygen atoms in total. The van der Waals surface area contributed by atoms with Gasteiger partial charge >= 0.3 is 0 Å². The van der Waals surface area contributed by atoms with Crippen LogP contribution in [-0.2, 0) is 0 Å². The van der Waals surface area contributed by atoms with E-state index in [4.69, 9.17) is 5.73 Å². The fraction of sp³-hybridized carbons (Fsp3) is 0. The molecule has 0 unspecified atom stereocenters. The molecule has 23 heavy (non-hydrogen) atoms. The summed E-state index contributed by atoms with van der Waals surface area (Å²) >= 11 is 3.35. The second-order valence-electron chi connectivity index (χ2n) is 4.72. The summed E-state index contributed by atoms with van der Waals surface area (Å²) in [7, 11) is 0. The number of benzene rings is 2. The Morgan fingerprint density at radius 3 is 2.52 bits per heavy atom. The van der Waals surface area contributed by atoms with Crippen LogP contribution in [0.25, 0.3) is 11.3 Å². The Kier molecular flexibility index (Phi) is 5.41. The van der Waals surface area contributed by atoms with Gasteiger partial charge in [-0.25, -0.2) is 4.98 Å². The standard InChI is InChI=1S/C16H13BrN4O.ClH/c17-12-3-1-2-11(8-12)15(22)20-13-6-4-10(5-7-13)14-9-19-16(18)21-14;/h1-9H,(H,20,22)(H3,18,19,21);1H. The van der Waals surface area contributed by atoms with E-state index in [2.05, 4.69) is 31.2 Å². The van der Waals surface area contributed by atoms with E-state index in [1.807, 2.05) is 36.4 Å². The van der Waals surface area contributed by atoms with Gasteiger partial charge in [0.1, 0.15) is 0 Å². The van der Waals surface area contributed by atoms with Crippen molar-refractivity contribution in [1.29, 1.82) is 0 Å². The molecule has 3 rings (SSSR count). The van der Waals surface area contributed by atoms with Crippen molar-refractivity contribution in [2.45, 2.75) is 0 Å². The molecule has 1 heterocycles. The van der Waals surface area contributed by atoms with Crippen molar-refractivity contribution < 1.29 is 4.79 Å². The highest BCUT2D eigenvalue weighted by molar-refractivity contribution is 9.10. The number of halogens is 2. The number of amides is 1. The maximum absolute atomic E-state index is 12.2. The van der Waals surface area contributed by atoms with Crippen LogP contribution in [0, 0.1) is 0 Å². The van der Waals surface area contributed by atoms with Crippen LogP contribution in [-0.4, -0.2) is 15.9 Å². The van der Waals surface area contributed by atoms with Crippen LogP contribution in [0.15, 0.2) is 59.2 Å². The third kappa shape index (κ3) is 4.12. The van der Waals surface area contributed by atoms with Crippen LogP contribution in [0.3, 0.4) is 0 Å². The lowest BCUT2D eigenvalue weighted by molar-refractivity contribution is 0.102. The van der Waals surface area contributed by atoms with Crippen molar-refractivity contribution in [3.8, 4) is 11.3 Å². The Balaban J connectivity index is 0.00000192. The van der Waals surface area contributed by atoms with Crippen LogP contribution < -0.4 is 11.1 Å². The van der Waals surface area contributed by atoms with Gasteiger partial charge in [-0.2, -0.15) is 0 Å². The molecule has 1 aromatic heterocycles. The molecule has 7 heteroatoms. The number of carbonyl (C=O) groups is 1. The number of carbonyl (C=O) groups excluding carboxylic acids is 1. The van der Waals surface area contributed by atoms with Gasteiger partial charge in [0, 0.05) is 15.7 Å². The molecular formula is C16H14BrClN4O. The van der Waals surface area contributed by atoms with E-state index in [0.29, 0.717) is 11.5 Å². The normalized spacial score (nSPS) is 9.96. The van der Waals surface area contributed by atoms with E-state index in [1.54, 1.807) is 18.3 Å². The number of aromatic amines is 1. The lowest BCUT2D eigenvalue weighted by atomic mass is 10.1. The van der Waals surface area contributed by atoms with Crippen LogP contribution in [0.1, 0.15) is 10.4 Å². The van der Waals surface area contributed by atoms with Gasteiger partial charge < -0.3 is 16.0 Å². The zero-order valence-electron chi connectivity index (χ0n) is 11.9. The predicted molar refractivity (Wildman–Crippen MR) is 97.8 cm³/mol. The smallest absolute Gasteiger partial charge is 0.255 e. The number of hydrogen-bond acceptors (Lipinski definition) is 3. The molecule has 0 saturated carbocycles. The largest absolute Gasteiger partial charge is 0.369 e. The number of aromatic nitrogens is 2. The van der Waals surface area contributed by atoms with Gasteiger partial charge in [0.15, 0.2) is 5.95 Å². The van der Waals surface area contributed by atoms with Crippen LogP contribution in [0.5, 0.6) is 0 Å². The molecule has 2 aromatic carbocycles. The molecule has 0 atom stereocenters. The molecule has 0 aliphatic carbocycles. The molecule has 0 aliphatic rings. The van der Waals surface area contributed by atoms with Gasteiger partial charge in [-0.15, -0.1) is 12.4 Å². The first-order valence-electron chi connectivity index (χ1n) is 6.59. The molecule has 4 N–H and O–H groups in total. The number of imidazole rings is 1. The van der Waals surface area contributed by atoms with Crippen molar-refractivity contribution in [2.75, 3.05) is 11.1 Å². The Hall–Kier alpha value is -2.31. The topological polar surface area (TPSA) is 83.8 Å². The zero-order valence-corrected chi connectivity index (χ0v) is 14.3. The maximum Gasteiger partial charge on any atom is 0.255 e. The Morgan fingerprint density at radius 1 is 1.17 bits per heavy atom. The SMILES string of the molecule is Cl.Nc1ncc(-c2ccc(NC(=O)c3cccc(Br)c3)cc2)[nH]1. The van der Waals surface area contributed by atoms with Gasteiger partial charge in [-0.05, 0) is 35.9 Å². The number of H-pyrrole nitrogens is 1. The minimum atomic E-state index is -0.153. The highest BCUT2D eigenvalue weighted by Gasteiger charge is 2.07. The lowest BCUT2D eigenvalue weighted by Gasteiger charge is -2.06. The van der Waals surface area contributed by atoms with Gasteiger partial charge in [0.2, 0.25) is 0 Å². The molecule has 0 fully saturated rings. The summed E-state index contributed by atoms with van der Waals surface area (Å²) in [6, 6.07) is 14.7. The highest BCUT2D eigenvalue weighted by Crippen LogP contribution is 2.21. The van der Waals surface area contributed by atoms with Crippen LogP contribution >= 0.6 is 28.3 Å². The minimum absolute atomic E-state index is 0. The van der Waals surface area contributed by atoms with Crippen molar-refractivity contribution in [1.82, 2.24) is 9.97 Å². The first-order valence-corrected chi connectivity index (χ1v) is 7.39. The number of nitrogens with one attached hydrogen (secondary N) is 2. The van der Waals surface area contributed by atoms with Gasteiger partial charge in [-0.3, -0.25) is 4.79 Å². The second kappa shape index (κ2) is 7.30. The summed E-state index contributed by atoms with van der Waals surface area (Å²) in [6.45, 7) is 0. The van der Waals surface area contributed by atoms with E-state index >= 15 is 0 Å². The molecule has 3 aromatic rings. The maximum atomic E-state index is 12.2. The number of nitrogens with two attached hydrogens (primary N) is 1. The second-order valence-corrected chi connectivity index (χ2v) is 5.64. The van der Waals surface area contributed by atoms with E-state index < -0.39 is 0 Å². The van der Waals surface area contributed by atoms with Crippen molar-refractivity contribution in [2.24, 2.45) is 0 Å². The molecule has 0 radical (unpaired) electrons. The van der Waals surface area contributed by atoms with Crippen molar-refractivity contribution in [3.05, 3.63) is 64.8 Å². The van der Waals surface area contributed by atoms with Gasteiger partial charge in [0.25, 0.3) is 5.91 Å². The van der Waals surface area contributed by atoms with Crippen LogP contribution in [0.2, 0.25) is 0 Å². The van der Waals surface area contributed by atoms with Gasteiger partial charge in [-0.1, -0.05) is 34.1 Å². The Bertz CT molecular complexity index is 817. The molecule has 1 amide bonds. The van der Waals surface area contributed by atoms with E-state index in [-0.39, 0.29) is 18.3 Å². The molecule has 0 aliphatic heterocycles. The summed E-state index contributed by atoms with van der Waals surface area (Å²) in [6.07, 6.45) is 1.67. The monoisotopic (exact) mass is 392 g/mol. The minimum Gasteiger partial charge on any atom is -0.369 e. The van der Waals surface area contributed by atoms with Crippen LogP contribution in [0.4, 0.5) is 11.6 Å². The van der Waals surface area contributed by atoms with Crippen molar-refractivity contribution in [3.63, 3.8) is 0 Å². The van der Waals surface area contributed by atoms with E-state index in [1.165, 1.54) is 0 Å². The highest BCUT2D eigenvalue weighted by atomic mass is 79.9. The summed E-state index contributed by atoms with van der Waals surface area (Å²) in [5, 5.41) is 2.86. The summed E-state index contributed by atoms with van der Waals surface area (Å²) in [4.78, 5) is 19.1. The number of hydrogen-bond donors (Lipinski definition) is 3. The summed E-state index contributed by atoms with van der Waals surface area (Å²) in [5.74, 6) is 0.224. The lowest BCUT2D eigenvalue weighted by Crippen LogP contribution is -2.11. The average molecular weight is 394 g/mol. The molecule has 118 valence electrons. The number of anilines is 2. The van der Waals surface area contributed by atoms with E-state index in [0.717, 1.165) is 21.4 Å². The third-order valence-corrected chi connectivity index (χ3v) is 3.63. The fourth-order valence-corrected chi connectivity index (χ4v) is 2.45. The predicted octanol–water partition coefficient (Wildman–Crippen LogP) is 4.10. The fourth-order valence-electron chi connectivity index (χ4n) is 2.05. The first-order chi connectivity index (χ1) is 10.6. The Morgan fingerprint density at radius 2 is 1.91 bits per heavy atom. The molecular weight excluding hydrogens is 380 g/mol. The van der Waals surface area contributed by atoms with E-state index in [9.17, 15) is 4.79 Å². The number of nitrogen functional groups attached to an aromatic ring is 1. The average Bonchev–Trinajstić information content (AvgIpc) is 2.94. The molecule has 0 spiro atoms. The third-order valence-electron chi connectivity index (χ3n) is 3.14. The summed E-state index contributed by atoms with van der Waals surface area (Å²) in [5.41, 5.74) is 8.67. The first kappa shape index (κ1) is 17.1.